The van der Waals surface area contributed by atoms with Gasteiger partial charge in [0.25, 0.3) is 0 Å². The highest BCUT2D eigenvalue weighted by molar-refractivity contribution is 9.10. The van der Waals surface area contributed by atoms with Crippen LogP contribution >= 0.6 is 15.9 Å². The molecule has 0 bridgehead atoms. The number of hydrogen-bond donors (Lipinski definition) is 1. The number of allylic oxidation sites excluding steroid dienone is 1. The predicted octanol–water partition coefficient (Wildman–Crippen LogP) is 4.75. The van der Waals surface area contributed by atoms with Crippen molar-refractivity contribution in [2.75, 3.05) is 13.2 Å². The summed E-state index contributed by atoms with van der Waals surface area (Å²) in [4.78, 5) is 11.2. The van der Waals surface area contributed by atoms with Crippen molar-refractivity contribution in [3.63, 3.8) is 0 Å². The average Bonchev–Trinajstić information content (AvgIpc) is 2.64. The summed E-state index contributed by atoms with van der Waals surface area (Å²) < 4.78 is 37.7. The van der Waals surface area contributed by atoms with Gasteiger partial charge in [-0.1, -0.05) is 17.9 Å². The van der Waals surface area contributed by atoms with Gasteiger partial charge in [0.2, 0.25) is 0 Å². The van der Waals surface area contributed by atoms with Gasteiger partial charge >= 0.3 is 5.97 Å². The van der Waals surface area contributed by atoms with Crippen LogP contribution in [0.15, 0.2) is 53.0 Å². The first kappa shape index (κ1) is 22.6. The first-order valence-corrected chi connectivity index (χ1v) is 9.56. The molecule has 0 amide bonds. The molecule has 2 aromatic carbocycles. The quantitative estimate of drug-likeness (QED) is 0.572. The van der Waals surface area contributed by atoms with Crippen molar-refractivity contribution in [3.8, 4) is 17.6 Å². The van der Waals surface area contributed by atoms with Crippen LogP contribution in [-0.2, 0) is 16.0 Å². The fourth-order valence-corrected chi connectivity index (χ4v) is 2.96. The number of hydrogen-bond acceptors (Lipinski definition) is 3. The second-order valence-electron chi connectivity index (χ2n) is 5.89. The minimum atomic E-state index is -1.00. The lowest BCUT2D eigenvalue weighted by Gasteiger charge is -2.13. The number of rotatable bonds is 8. The number of halogens is 3. The molecule has 0 aromatic heterocycles. The van der Waals surface area contributed by atoms with Gasteiger partial charge < -0.3 is 14.6 Å². The van der Waals surface area contributed by atoms with Crippen molar-refractivity contribution in [1.82, 2.24) is 0 Å². The van der Waals surface area contributed by atoms with Crippen molar-refractivity contribution >= 4 is 21.9 Å². The SMILES string of the molecule is CCO[C@@H](Cc1ccc(OCC=CC#Cc2cc(F)cc(F)c2)c(Br)c1)C(=O)O. The van der Waals surface area contributed by atoms with Crippen molar-refractivity contribution < 1.29 is 28.2 Å². The Morgan fingerprint density at radius 2 is 1.97 bits per heavy atom. The molecule has 0 aliphatic carbocycles. The number of ether oxygens (including phenoxy) is 2. The zero-order chi connectivity index (χ0) is 21.2. The Bertz CT molecular complexity index is 927. The van der Waals surface area contributed by atoms with E-state index in [1.165, 1.54) is 6.08 Å². The van der Waals surface area contributed by atoms with E-state index >= 15 is 0 Å². The minimum absolute atomic E-state index is 0.237. The Hall–Kier alpha value is -2.69. The summed E-state index contributed by atoms with van der Waals surface area (Å²) in [6.45, 7) is 2.31. The van der Waals surface area contributed by atoms with Crippen LogP contribution in [0.2, 0.25) is 0 Å². The maximum absolute atomic E-state index is 13.1. The van der Waals surface area contributed by atoms with Gasteiger partial charge in [0, 0.05) is 24.7 Å². The fourth-order valence-electron chi connectivity index (χ4n) is 2.42. The largest absolute Gasteiger partial charge is 0.488 e. The Labute approximate surface area is 176 Å². The normalized spacial score (nSPS) is 11.7. The lowest BCUT2D eigenvalue weighted by molar-refractivity contribution is -0.149. The monoisotopic (exact) mass is 464 g/mol. The molecule has 152 valence electrons. The molecule has 0 aliphatic rings. The summed E-state index contributed by atoms with van der Waals surface area (Å²) in [6, 6.07) is 8.39. The van der Waals surface area contributed by atoms with Crippen LogP contribution in [0.4, 0.5) is 8.78 Å². The fraction of sp³-hybridized carbons (Fsp3) is 0.227. The molecule has 4 nitrogen and oxygen atoms in total. The third-order valence-corrected chi connectivity index (χ3v) is 4.30. The third kappa shape index (κ3) is 7.68. The van der Waals surface area contributed by atoms with Crippen molar-refractivity contribution in [2.45, 2.75) is 19.4 Å². The van der Waals surface area contributed by atoms with Crippen molar-refractivity contribution in [2.24, 2.45) is 0 Å². The molecule has 0 saturated heterocycles. The van der Waals surface area contributed by atoms with E-state index in [-0.39, 0.29) is 18.6 Å². The van der Waals surface area contributed by atoms with Crippen LogP contribution in [0.25, 0.3) is 0 Å². The summed E-state index contributed by atoms with van der Waals surface area (Å²) in [5.41, 5.74) is 1.05. The van der Waals surface area contributed by atoms with E-state index in [1.54, 1.807) is 31.2 Å². The van der Waals surface area contributed by atoms with Crippen LogP contribution in [0, 0.1) is 23.5 Å². The second kappa shape index (κ2) is 11.3. The molecule has 0 fully saturated rings. The molecule has 29 heavy (non-hydrogen) atoms. The van der Waals surface area contributed by atoms with E-state index in [4.69, 9.17) is 14.6 Å². The molecule has 0 unspecified atom stereocenters. The van der Waals surface area contributed by atoms with Gasteiger partial charge in [-0.05, 0) is 64.8 Å². The topological polar surface area (TPSA) is 55.8 Å². The molecular weight excluding hydrogens is 446 g/mol. The molecular formula is C22H19BrF2O4. The lowest BCUT2D eigenvalue weighted by Crippen LogP contribution is -2.26. The van der Waals surface area contributed by atoms with E-state index in [2.05, 4.69) is 27.8 Å². The Morgan fingerprint density at radius 3 is 2.59 bits per heavy atom. The second-order valence-corrected chi connectivity index (χ2v) is 6.75. The van der Waals surface area contributed by atoms with Crippen molar-refractivity contribution in [1.29, 1.82) is 0 Å². The number of carbonyl (C=O) groups is 1. The summed E-state index contributed by atoms with van der Waals surface area (Å²) >= 11 is 3.40. The summed E-state index contributed by atoms with van der Waals surface area (Å²) in [6.07, 6.45) is 2.55. The van der Waals surface area contributed by atoms with Crippen LogP contribution in [0.1, 0.15) is 18.1 Å². The standard InChI is InChI=1S/C22H19BrF2O4/c1-2-28-21(22(26)27)13-16-7-8-20(19(23)12-16)29-9-5-3-4-6-15-10-17(24)14-18(25)11-15/h3,5,7-8,10-12,14,21H,2,9,13H2,1H3,(H,26,27)/t21-/m0/s1. The van der Waals surface area contributed by atoms with Gasteiger partial charge in [-0.3, -0.25) is 0 Å². The van der Waals surface area contributed by atoms with Gasteiger partial charge in [0.15, 0.2) is 6.10 Å². The predicted molar refractivity (Wildman–Crippen MR) is 109 cm³/mol. The van der Waals surface area contributed by atoms with Crippen LogP contribution in [-0.4, -0.2) is 30.4 Å². The van der Waals surface area contributed by atoms with E-state index in [0.29, 0.717) is 16.8 Å². The first-order valence-electron chi connectivity index (χ1n) is 8.77. The van der Waals surface area contributed by atoms with E-state index in [9.17, 15) is 13.6 Å². The molecule has 2 rings (SSSR count). The zero-order valence-electron chi connectivity index (χ0n) is 15.6. The molecule has 7 heteroatoms. The van der Waals surface area contributed by atoms with E-state index < -0.39 is 23.7 Å². The Balaban J connectivity index is 1.90. The zero-order valence-corrected chi connectivity index (χ0v) is 17.2. The number of carboxylic acid groups (broad SMARTS) is 1. The number of aliphatic carboxylic acids is 1. The summed E-state index contributed by atoms with van der Waals surface area (Å²) in [5, 5.41) is 9.16. The number of benzene rings is 2. The maximum Gasteiger partial charge on any atom is 0.333 e. The van der Waals surface area contributed by atoms with E-state index in [1.807, 2.05) is 0 Å². The third-order valence-electron chi connectivity index (χ3n) is 3.68. The van der Waals surface area contributed by atoms with Crippen LogP contribution < -0.4 is 4.74 Å². The van der Waals surface area contributed by atoms with Gasteiger partial charge in [0.1, 0.15) is 24.0 Å². The molecule has 1 N–H and O–H groups in total. The molecule has 2 aromatic rings. The summed E-state index contributed by atoms with van der Waals surface area (Å²) in [7, 11) is 0. The first-order chi connectivity index (χ1) is 13.9. The van der Waals surface area contributed by atoms with Gasteiger partial charge in [-0.15, -0.1) is 0 Å². The lowest BCUT2D eigenvalue weighted by atomic mass is 10.1. The van der Waals surface area contributed by atoms with E-state index in [0.717, 1.165) is 23.8 Å². The minimum Gasteiger partial charge on any atom is -0.488 e. The molecule has 0 heterocycles. The van der Waals surface area contributed by atoms with Crippen molar-refractivity contribution in [3.05, 3.63) is 75.8 Å². The highest BCUT2D eigenvalue weighted by atomic mass is 79.9. The Kier molecular flexibility index (Phi) is 8.84. The smallest absolute Gasteiger partial charge is 0.333 e. The highest BCUT2D eigenvalue weighted by Gasteiger charge is 2.18. The average molecular weight is 465 g/mol. The van der Waals surface area contributed by atoms with Gasteiger partial charge in [0.05, 0.1) is 4.47 Å². The van der Waals surface area contributed by atoms with Gasteiger partial charge in [-0.2, -0.15) is 0 Å². The maximum atomic E-state index is 13.1. The highest BCUT2D eigenvalue weighted by Crippen LogP contribution is 2.26. The Morgan fingerprint density at radius 1 is 1.24 bits per heavy atom. The summed E-state index contributed by atoms with van der Waals surface area (Å²) in [5.74, 6) is 3.56. The molecule has 1 atom stereocenters. The molecule has 0 spiro atoms. The number of carboxylic acids is 1. The van der Waals surface area contributed by atoms with Gasteiger partial charge in [-0.25, -0.2) is 13.6 Å². The van der Waals surface area contributed by atoms with Crippen LogP contribution in [0.5, 0.6) is 5.75 Å². The molecule has 0 aliphatic heterocycles. The van der Waals surface area contributed by atoms with Crippen LogP contribution in [0.3, 0.4) is 0 Å². The molecule has 0 radical (unpaired) electrons. The molecule has 0 saturated carbocycles.